The van der Waals surface area contributed by atoms with Crippen LogP contribution >= 0.6 is 23.2 Å². The van der Waals surface area contributed by atoms with E-state index in [1.54, 1.807) is 0 Å². The minimum Gasteiger partial charge on any atom is -0.377 e. The molecule has 1 heterocycles. The fourth-order valence-electron chi connectivity index (χ4n) is 3.28. The zero-order valence-corrected chi connectivity index (χ0v) is 12.4. The molecule has 1 saturated heterocycles. The van der Waals surface area contributed by atoms with Gasteiger partial charge in [-0.25, -0.2) is 0 Å². The van der Waals surface area contributed by atoms with Crippen LogP contribution in [0.1, 0.15) is 24.8 Å². The number of hydrogen-bond donors (Lipinski definition) is 1. The fraction of sp³-hybridized carbons (Fsp3) is 0.600. The van der Waals surface area contributed by atoms with Crippen LogP contribution in [0, 0.1) is 11.3 Å². The molecular weight excluding hydrogens is 281 g/mol. The highest BCUT2D eigenvalue weighted by atomic mass is 35.5. The summed E-state index contributed by atoms with van der Waals surface area (Å²) < 4.78 is 5.97. The summed E-state index contributed by atoms with van der Waals surface area (Å²) in [6.45, 7) is 1.44. The third-order valence-corrected chi connectivity index (χ3v) is 5.26. The molecule has 2 fully saturated rings. The Morgan fingerprint density at radius 2 is 1.95 bits per heavy atom. The second-order valence-corrected chi connectivity index (χ2v) is 6.64. The summed E-state index contributed by atoms with van der Waals surface area (Å²) in [7, 11) is 0. The summed E-state index contributed by atoms with van der Waals surface area (Å²) in [5.41, 5.74) is 7.14. The van der Waals surface area contributed by atoms with Crippen molar-refractivity contribution in [3.05, 3.63) is 33.8 Å². The van der Waals surface area contributed by atoms with Crippen LogP contribution in [0.4, 0.5) is 0 Å². The van der Waals surface area contributed by atoms with Crippen molar-refractivity contribution in [3.63, 3.8) is 0 Å². The molecule has 1 aliphatic carbocycles. The molecule has 2 atom stereocenters. The maximum absolute atomic E-state index is 6.30. The summed E-state index contributed by atoms with van der Waals surface area (Å²) in [6.07, 6.45) is 4.64. The third kappa shape index (κ3) is 2.52. The van der Waals surface area contributed by atoms with Gasteiger partial charge in [0, 0.05) is 28.6 Å². The van der Waals surface area contributed by atoms with E-state index in [1.807, 2.05) is 18.2 Å². The minimum absolute atomic E-state index is 0.00972. The Morgan fingerprint density at radius 3 is 2.53 bits per heavy atom. The monoisotopic (exact) mass is 299 g/mol. The lowest BCUT2D eigenvalue weighted by atomic mass is 9.74. The van der Waals surface area contributed by atoms with E-state index in [0.717, 1.165) is 35.1 Å². The maximum Gasteiger partial charge on any atom is 0.0675 e. The number of ether oxygens (including phenoxy) is 1. The van der Waals surface area contributed by atoms with Crippen molar-refractivity contribution in [1.29, 1.82) is 0 Å². The smallest absolute Gasteiger partial charge is 0.0675 e. The van der Waals surface area contributed by atoms with Crippen molar-refractivity contribution in [3.8, 4) is 0 Å². The Labute approximate surface area is 124 Å². The van der Waals surface area contributed by atoms with Gasteiger partial charge in [-0.1, -0.05) is 29.3 Å². The average Bonchev–Trinajstić information content (AvgIpc) is 3.15. The maximum atomic E-state index is 6.30. The van der Waals surface area contributed by atoms with Crippen LogP contribution in [-0.2, 0) is 11.2 Å². The molecule has 1 saturated carbocycles. The normalized spacial score (nSPS) is 30.8. The van der Waals surface area contributed by atoms with Gasteiger partial charge in [-0.15, -0.1) is 0 Å². The van der Waals surface area contributed by atoms with E-state index in [1.165, 1.54) is 12.8 Å². The number of rotatable bonds is 4. The molecule has 0 spiro atoms. The second-order valence-electron chi connectivity index (χ2n) is 5.82. The third-order valence-electron chi connectivity index (χ3n) is 4.55. The van der Waals surface area contributed by atoms with Gasteiger partial charge in [0.1, 0.15) is 0 Å². The molecule has 0 aromatic heterocycles. The van der Waals surface area contributed by atoms with Gasteiger partial charge in [-0.05, 0) is 49.3 Å². The van der Waals surface area contributed by atoms with Crippen molar-refractivity contribution in [2.45, 2.75) is 31.8 Å². The summed E-state index contributed by atoms with van der Waals surface area (Å²) in [6, 6.07) is 5.68. The molecule has 2 unspecified atom stereocenters. The van der Waals surface area contributed by atoms with Crippen molar-refractivity contribution in [2.24, 2.45) is 17.1 Å². The van der Waals surface area contributed by atoms with E-state index >= 15 is 0 Å². The van der Waals surface area contributed by atoms with Crippen molar-refractivity contribution in [2.75, 3.05) is 13.2 Å². The highest BCUT2D eigenvalue weighted by molar-refractivity contribution is 6.36. The fourth-order valence-corrected chi connectivity index (χ4v) is 3.81. The summed E-state index contributed by atoms with van der Waals surface area (Å²) in [5.74, 6) is 0.687. The Bertz CT molecular complexity index is 455. The molecule has 2 N–H and O–H groups in total. The van der Waals surface area contributed by atoms with Gasteiger partial charge >= 0.3 is 0 Å². The predicted octanol–water partition coefficient (Wildman–Crippen LogP) is 3.68. The number of halogens is 2. The zero-order chi connectivity index (χ0) is 13.5. The van der Waals surface area contributed by atoms with Crippen molar-refractivity contribution < 1.29 is 4.74 Å². The lowest BCUT2D eigenvalue weighted by Crippen LogP contribution is -2.41. The average molecular weight is 300 g/mol. The van der Waals surface area contributed by atoms with Gasteiger partial charge in [-0.2, -0.15) is 0 Å². The number of nitrogens with two attached hydrogens (primary N) is 1. The van der Waals surface area contributed by atoms with Crippen LogP contribution in [0.2, 0.25) is 10.0 Å². The van der Waals surface area contributed by atoms with Crippen LogP contribution in [0.5, 0.6) is 0 Å². The van der Waals surface area contributed by atoms with Gasteiger partial charge in [0.2, 0.25) is 0 Å². The Hall–Kier alpha value is -0.280. The molecule has 3 rings (SSSR count). The topological polar surface area (TPSA) is 35.2 Å². The largest absolute Gasteiger partial charge is 0.377 e. The van der Waals surface area contributed by atoms with E-state index in [9.17, 15) is 0 Å². The van der Waals surface area contributed by atoms with Gasteiger partial charge in [0.05, 0.1) is 6.10 Å². The molecule has 0 amide bonds. The van der Waals surface area contributed by atoms with E-state index in [-0.39, 0.29) is 11.5 Å². The van der Waals surface area contributed by atoms with Crippen LogP contribution < -0.4 is 5.73 Å². The quantitative estimate of drug-likeness (QED) is 0.920. The lowest BCUT2D eigenvalue weighted by molar-refractivity contribution is 0.0345. The molecule has 2 aliphatic rings. The minimum atomic E-state index is 0.00972. The van der Waals surface area contributed by atoms with Gasteiger partial charge in [-0.3, -0.25) is 0 Å². The van der Waals surface area contributed by atoms with Gasteiger partial charge in [0.15, 0.2) is 0 Å². The molecule has 4 heteroatoms. The Morgan fingerprint density at radius 1 is 1.26 bits per heavy atom. The standard InChI is InChI=1S/C15H19Cl2NO/c16-12-2-1-3-13(17)11(12)8-15(9-18)6-7-19-14(15)10-4-5-10/h1-3,10,14H,4-9,18H2. The van der Waals surface area contributed by atoms with Crippen molar-refractivity contribution >= 4 is 23.2 Å². The molecule has 1 aromatic rings. The van der Waals surface area contributed by atoms with Crippen molar-refractivity contribution in [1.82, 2.24) is 0 Å². The highest BCUT2D eigenvalue weighted by Crippen LogP contribution is 2.49. The van der Waals surface area contributed by atoms with Crippen LogP contribution in [0.25, 0.3) is 0 Å². The number of benzene rings is 1. The number of hydrogen-bond acceptors (Lipinski definition) is 2. The van der Waals surface area contributed by atoms with Crippen LogP contribution in [0.15, 0.2) is 18.2 Å². The first kappa shape index (κ1) is 13.7. The first-order valence-electron chi connectivity index (χ1n) is 6.91. The van der Waals surface area contributed by atoms with Crippen LogP contribution in [0.3, 0.4) is 0 Å². The Balaban J connectivity index is 1.90. The molecule has 0 bridgehead atoms. The van der Waals surface area contributed by atoms with Gasteiger partial charge in [0.25, 0.3) is 0 Å². The molecular formula is C15H19Cl2NO. The molecule has 104 valence electrons. The van der Waals surface area contributed by atoms with E-state index in [4.69, 9.17) is 33.7 Å². The second kappa shape index (κ2) is 5.25. The van der Waals surface area contributed by atoms with Crippen LogP contribution in [-0.4, -0.2) is 19.3 Å². The van der Waals surface area contributed by atoms with Gasteiger partial charge < -0.3 is 10.5 Å². The first-order chi connectivity index (χ1) is 9.16. The molecule has 19 heavy (non-hydrogen) atoms. The lowest BCUT2D eigenvalue weighted by Gasteiger charge is -2.33. The molecule has 0 radical (unpaired) electrons. The first-order valence-corrected chi connectivity index (χ1v) is 7.66. The molecule has 1 aliphatic heterocycles. The van der Waals surface area contributed by atoms with E-state index < -0.39 is 0 Å². The molecule has 2 nitrogen and oxygen atoms in total. The Kier molecular flexibility index (Phi) is 3.78. The van der Waals surface area contributed by atoms with E-state index in [0.29, 0.717) is 12.5 Å². The zero-order valence-electron chi connectivity index (χ0n) is 10.9. The SMILES string of the molecule is NCC1(Cc2c(Cl)cccc2Cl)CCOC1C1CC1. The molecule has 1 aromatic carbocycles. The predicted molar refractivity (Wildman–Crippen MR) is 78.7 cm³/mol. The summed E-state index contributed by atoms with van der Waals surface area (Å²) in [5, 5.41) is 1.48. The highest BCUT2D eigenvalue weighted by Gasteiger charge is 2.50. The summed E-state index contributed by atoms with van der Waals surface area (Å²) in [4.78, 5) is 0. The summed E-state index contributed by atoms with van der Waals surface area (Å²) >= 11 is 12.6. The van der Waals surface area contributed by atoms with E-state index in [2.05, 4.69) is 0 Å².